The van der Waals surface area contributed by atoms with E-state index in [2.05, 4.69) is 0 Å². The van der Waals surface area contributed by atoms with Gasteiger partial charge in [-0.3, -0.25) is 0 Å². The molecule has 0 bridgehead atoms. The average molecular weight is 232 g/mol. The number of nitrogens with zero attached hydrogens (tertiary/aromatic N) is 1. The predicted octanol–water partition coefficient (Wildman–Crippen LogP) is 1.74. The van der Waals surface area contributed by atoms with Crippen LogP contribution in [-0.2, 0) is 16.6 Å². The number of rotatable bonds is 3. The van der Waals surface area contributed by atoms with Crippen molar-refractivity contribution in [1.29, 1.82) is 0 Å². The SMILES string of the molecule is CCOC(=O)C(N)c1cn(C)c2ccccc12. The summed E-state index contributed by atoms with van der Waals surface area (Å²) in [6.07, 6.45) is 1.88. The molecule has 4 nitrogen and oxygen atoms in total. The Hall–Kier alpha value is -1.81. The fourth-order valence-corrected chi connectivity index (χ4v) is 1.98. The summed E-state index contributed by atoms with van der Waals surface area (Å²) < 4.78 is 6.91. The van der Waals surface area contributed by atoms with Gasteiger partial charge in [0.25, 0.3) is 0 Å². The minimum Gasteiger partial charge on any atom is -0.465 e. The third-order valence-corrected chi connectivity index (χ3v) is 2.80. The van der Waals surface area contributed by atoms with Crippen molar-refractivity contribution in [3.8, 4) is 0 Å². The maximum absolute atomic E-state index is 11.6. The lowest BCUT2D eigenvalue weighted by Crippen LogP contribution is -2.23. The molecule has 0 aliphatic heterocycles. The van der Waals surface area contributed by atoms with E-state index in [0.29, 0.717) is 6.61 Å². The molecule has 1 unspecified atom stereocenters. The molecule has 0 fully saturated rings. The second-order valence-corrected chi connectivity index (χ2v) is 3.94. The van der Waals surface area contributed by atoms with Crippen molar-refractivity contribution < 1.29 is 9.53 Å². The van der Waals surface area contributed by atoms with Crippen LogP contribution in [0.25, 0.3) is 10.9 Å². The van der Waals surface area contributed by atoms with Gasteiger partial charge in [0.05, 0.1) is 6.61 Å². The number of fused-ring (bicyclic) bond motifs is 1. The number of carbonyl (C=O) groups excluding carboxylic acids is 1. The number of benzene rings is 1. The molecular weight excluding hydrogens is 216 g/mol. The molecular formula is C13H16N2O2. The molecule has 17 heavy (non-hydrogen) atoms. The molecule has 0 aliphatic carbocycles. The Morgan fingerprint density at radius 3 is 2.88 bits per heavy atom. The van der Waals surface area contributed by atoms with Crippen LogP contribution in [0.4, 0.5) is 0 Å². The van der Waals surface area contributed by atoms with E-state index in [-0.39, 0.29) is 5.97 Å². The van der Waals surface area contributed by atoms with Crippen LogP contribution in [0.1, 0.15) is 18.5 Å². The number of carbonyl (C=O) groups is 1. The number of para-hydroxylation sites is 1. The van der Waals surface area contributed by atoms with E-state index < -0.39 is 6.04 Å². The lowest BCUT2D eigenvalue weighted by atomic mass is 10.1. The van der Waals surface area contributed by atoms with Crippen molar-refractivity contribution in [1.82, 2.24) is 4.57 Å². The molecule has 1 heterocycles. The monoisotopic (exact) mass is 232 g/mol. The first-order valence-electron chi connectivity index (χ1n) is 5.61. The second-order valence-electron chi connectivity index (χ2n) is 3.94. The molecule has 1 aromatic carbocycles. The minimum atomic E-state index is -0.721. The Balaban J connectivity index is 2.45. The van der Waals surface area contributed by atoms with Gasteiger partial charge in [0.15, 0.2) is 0 Å². The Morgan fingerprint density at radius 1 is 1.47 bits per heavy atom. The Bertz CT molecular complexity index is 545. The Labute approximate surface area is 100.0 Å². The van der Waals surface area contributed by atoms with Crippen LogP contribution >= 0.6 is 0 Å². The first kappa shape index (κ1) is 11.7. The molecule has 2 rings (SSSR count). The van der Waals surface area contributed by atoms with E-state index in [9.17, 15) is 4.79 Å². The standard InChI is InChI=1S/C13H16N2O2/c1-3-17-13(16)12(14)10-8-15(2)11-7-5-4-6-9(10)11/h4-8,12H,3,14H2,1-2H3. The number of aryl methyl sites for hydroxylation is 1. The van der Waals surface area contributed by atoms with Gasteiger partial charge in [0.1, 0.15) is 6.04 Å². The largest absolute Gasteiger partial charge is 0.465 e. The highest BCUT2D eigenvalue weighted by molar-refractivity contribution is 5.90. The summed E-state index contributed by atoms with van der Waals surface area (Å²) in [6.45, 7) is 2.12. The highest BCUT2D eigenvalue weighted by Crippen LogP contribution is 2.25. The lowest BCUT2D eigenvalue weighted by molar-refractivity contribution is -0.144. The normalized spacial score (nSPS) is 12.6. The fraction of sp³-hybridized carbons (Fsp3) is 0.308. The molecule has 0 saturated carbocycles. The van der Waals surface area contributed by atoms with Crippen LogP contribution in [0.3, 0.4) is 0 Å². The maximum atomic E-state index is 11.6. The van der Waals surface area contributed by atoms with Crippen LogP contribution in [0.2, 0.25) is 0 Å². The van der Waals surface area contributed by atoms with Gasteiger partial charge >= 0.3 is 5.97 Å². The van der Waals surface area contributed by atoms with E-state index in [1.807, 2.05) is 42.1 Å². The second kappa shape index (κ2) is 4.59. The van der Waals surface area contributed by atoms with Crippen molar-refractivity contribution in [3.05, 3.63) is 36.0 Å². The van der Waals surface area contributed by atoms with Gasteiger partial charge in [-0.15, -0.1) is 0 Å². The van der Waals surface area contributed by atoms with Gasteiger partial charge in [0.2, 0.25) is 0 Å². The Morgan fingerprint density at radius 2 is 2.18 bits per heavy atom. The summed E-state index contributed by atoms with van der Waals surface area (Å²) in [7, 11) is 1.93. The molecule has 90 valence electrons. The van der Waals surface area contributed by atoms with E-state index in [4.69, 9.17) is 10.5 Å². The number of esters is 1. The van der Waals surface area contributed by atoms with Crippen LogP contribution < -0.4 is 5.73 Å². The molecule has 0 aliphatic rings. The summed E-state index contributed by atoms with van der Waals surface area (Å²) in [5, 5.41) is 0.996. The van der Waals surface area contributed by atoms with E-state index >= 15 is 0 Å². The predicted molar refractivity (Wildman–Crippen MR) is 66.5 cm³/mol. The van der Waals surface area contributed by atoms with Gasteiger partial charge in [-0.25, -0.2) is 4.79 Å². The van der Waals surface area contributed by atoms with Gasteiger partial charge in [-0.1, -0.05) is 18.2 Å². The molecule has 2 aromatic rings. The highest BCUT2D eigenvalue weighted by atomic mass is 16.5. The summed E-state index contributed by atoms with van der Waals surface area (Å²) >= 11 is 0. The molecule has 0 spiro atoms. The molecule has 1 atom stereocenters. The molecule has 0 saturated heterocycles. The van der Waals surface area contributed by atoms with Gasteiger partial charge in [-0.05, 0) is 13.0 Å². The van der Waals surface area contributed by atoms with Crippen LogP contribution in [0.15, 0.2) is 30.5 Å². The zero-order valence-corrected chi connectivity index (χ0v) is 10.0. The summed E-state index contributed by atoms with van der Waals surface area (Å²) in [6, 6.07) is 7.13. The smallest absolute Gasteiger partial charge is 0.327 e. The highest BCUT2D eigenvalue weighted by Gasteiger charge is 2.21. The van der Waals surface area contributed by atoms with Crippen molar-refractivity contribution in [2.45, 2.75) is 13.0 Å². The van der Waals surface area contributed by atoms with Gasteiger partial charge in [-0.2, -0.15) is 0 Å². The zero-order valence-electron chi connectivity index (χ0n) is 10.0. The fourth-order valence-electron chi connectivity index (χ4n) is 1.98. The lowest BCUT2D eigenvalue weighted by Gasteiger charge is -2.09. The molecule has 0 amide bonds. The van der Waals surface area contributed by atoms with Gasteiger partial charge < -0.3 is 15.0 Å². The quantitative estimate of drug-likeness (QED) is 0.820. The first-order chi connectivity index (χ1) is 8.15. The number of aromatic nitrogens is 1. The minimum absolute atomic E-state index is 0.345. The van der Waals surface area contributed by atoms with E-state index in [1.54, 1.807) is 6.92 Å². The number of hydrogen-bond acceptors (Lipinski definition) is 3. The third-order valence-electron chi connectivity index (χ3n) is 2.80. The summed E-state index contributed by atoms with van der Waals surface area (Å²) in [5.41, 5.74) is 7.78. The number of nitrogens with two attached hydrogens (primary N) is 1. The molecule has 0 radical (unpaired) electrons. The summed E-state index contributed by atoms with van der Waals surface area (Å²) in [4.78, 5) is 11.6. The topological polar surface area (TPSA) is 57.2 Å². The molecule has 4 heteroatoms. The van der Waals surface area contributed by atoms with Crippen molar-refractivity contribution in [2.24, 2.45) is 12.8 Å². The molecule has 1 aromatic heterocycles. The van der Waals surface area contributed by atoms with E-state index in [1.165, 1.54) is 0 Å². The van der Waals surface area contributed by atoms with Crippen molar-refractivity contribution >= 4 is 16.9 Å². The third kappa shape index (κ3) is 2.03. The first-order valence-corrected chi connectivity index (χ1v) is 5.61. The molecule has 2 N–H and O–H groups in total. The van der Waals surface area contributed by atoms with Crippen molar-refractivity contribution in [2.75, 3.05) is 6.61 Å². The zero-order chi connectivity index (χ0) is 12.4. The number of hydrogen-bond donors (Lipinski definition) is 1. The summed E-state index contributed by atoms with van der Waals surface area (Å²) in [5.74, 6) is -0.385. The van der Waals surface area contributed by atoms with Crippen molar-refractivity contribution in [3.63, 3.8) is 0 Å². The number of ether oxygens (including phenoxy) is 1. The van der Waals surface area contributed by atoms with Crippen LogP contribution in [-0.4, -0.2) is 17.1 Å². The van der Waals surface area contributed by atoms with Crippen LogP contribution in [0, 0.1) is 0 Å². The van der Waals surface area contributed by atoms with E-state index in [0.717, 1.165) is 16.5 Å². The van der Waals surface area contributed by atoms with Gasteiger partial charge in [0, 0.05) is 29.7 Å². The maximum Gasteiger partial charge on any atom is 0.327 e. The average Bonchev–Trinajstić information content (AvgIpc) is 2.67. The Kier molecular flexibility index (Phi) is 3.15. The van der Waals surface area contributed by atoms with Crippen LogP contribution in [0.5, 0.6) is 0 Å².